The SMILES string of the molecule is CCCCCCCCC=CCCCCCCCCOC[C@H]1NC[C@H](O)[C@@H]1O. The highest BCUT2D eigenvalue weighted by atomic mass is 16.5. The smallest absolute Gasteiger partial charge is 0.0986 e. The average molecular weight is 384 g/mol. The van der Waals surface area contributed by atoms with Crippen LogP contribution in [0, 0.1) is 0 Å². The van der Waals surface area contributed by atoms with Gasteiger partial charge in [-0.3, -0.25) is 0 Å². The Kier molecular flexibility index (Phi) is 16.1. The molecule has 1 aliphatic rings. The molecule has 1 aliphatic heterocycles. The van der Waals surface area contributed by atoms with Gasteiger partial charge in [0.1, 0.15) is 0 Å². The highest BCUT2D eigenvalue weighted by Crippen LogP contribution is 2.11. The van der Waals surface area contributed by atoms with Gasteiger partial charge >= 0.3 is 0 Å². The molecule has 3 N–H and O–H groups in total. The highest BCUT2D eigenvalue weighted by Gasteiger charge is 2.32. The number of allylic oxidation sites excluding steroid dienone is 2. The maximum Gasteiger partial charge on any atom is 0.0986 e. The molecule has 0 unspecified atom stereocenters. The van der Waals surface area contributed by atoms with Gasteiger partial charge in [0.25, 0.3) is 0 Å². The van der Waals surface area contributed by atoms with Crippen LogP contribution >= 0.6 is 0 Å². The van der Waals surface area contributed by atoms with E-state index in [-0.39, 0.29) is 6.04 Å². The summed E-state index contributed by atoms with van der Waals surface area (Å²) in [5.74, 6) is 0. The molecule has 160 valence electrons. The molecular formula is C23H45NO3. The third kappa shape index (κ3) is 13.4. The van der Waals surface area contributed by atoms with Crippen LogP contribution in [0.15, 0.2) is 12.2 Å². The number of aliphatic hydroxyl groups excluding tert-OH is 2. The molecule has 1 heterocycles. The van der Waals surface area contributed by atoms with Crippen LogP contribution in [0.3, 0.4) is 0 Å². The third-order valence-electron chi connectivity index (χ3n) is 5.49. The van der Waals surface area contributed by atoms with Gasteiger partial charge in [-0.2, -0.15) is 0 Å². The van der Waals surface area contributed by atoms with E-state index in [0.29, 0.717) is 13.2 Å². The Morgan fingerprint density at radius 1 is 0.815 bits per heavy atom. The number of hydrogen-bond donors (Lipinski definition) is 3. The monoisotopic (exact) mass is 383 g/mol. The molecule has 1 fully saturated rings. The molecule has 0 radical (unpaired) electrons. The van der Waals surface area contributed by atoms with Gasteiger partial charge in [-0.1, -0.05) is 76.9 Å². The zero-order valence-electron chi connectivity index (χ0n) is 17.7. The van der Waals surface area contributed by atoms with Crippen LogP contribution in [0.2, 0.25) is 0 Å². The summed E-state index contributed by atoms with van der Waals surface area (Å²) in [6, 6.07) is -0.117. The van der Waals surface area contributed by atoms with E-state index in [0.717, 1.165) is 13.0 Å². The molecule has 0 spiro atoms. The van der Waals surface area contributed by atoms with Crippen LogP contribution in [-0.2, 0) is 4.74 Å². The lowest BCUT2D eigenvalue weighted by Crippen LogP contribution is -2.37. The quantitative estimate of drug-likeness (QED) is 0.236. The predicted octanol–water partition coefficient (Wildman–Crippen LogP) is 4.73. The van der Waals surface area contributed by atoms with Crippen molar-refractivity contribution in [3.8, 4) is 0 Å². The summed E-state index contributed by atoms with van der Waals surface area (Å²) in [4.78, 5) is 0. The van der Waals surface area contributed by atoms with Crippen molar-refractivity contribution >= 4 is 0 Å². The first kappa shape index (κ1) is 24.6. The van der Waals surface area contributed by atoms with E-state index < -0.39 is 12.2 Å². The van der Waals surface area contributed by atoms with Crippen LogP contribution in [0.1, 0.15) is 96.8 Å². The zero-order valence-corrected chi connectivity index (χ0v) is 17.7. The fourth-order valence-corrected chi connectivity index (χ4v) is 3.60. The van der Waals surface area contributed by atoms with E-state index in [9.17, 15) is 10.2 Å². The Labute approximate surface area is 167 Å². The van der Waals surface area contributed by atoms with E-state index >= 15 is 0 Å². The van der Waals surface area contributed by atoms with Gasteiger partial charge in [0, 0.05) is 13.2 Å². The van der Waals surface area contributed by atoms with Crippen LogP contribution in [0.4, 0.5) is 0 Å². The molecule has 3 atom stereocenters. The average Bonchev–Trinajstić information content (AvgIpc) is 2.99. The molecule has 0 amide bonds. The molecule has 27 heavy (non-hydrogen) atoms. The van der Waals surface area contributed by atoms with E-state index in [4.69, 9.17) is 4.74 Å². The van der Waals surface area contributed by atoms with Crippen molar-refractivity contribution in [1.29, 1.82) is 0 Å². The predicted molar refractivity (Wildman–Crippen MR) is 114 cm³/mol. The lowest BCUT2D eigenvalue weighted by Gasteiger charge is -2.15. The van der Waals surface area contributed by atoms with Crippen molar-refractivity contribution < 1.29 is 14.9 Å². The van der Waals surface area contributed by atoms with Crippen molar-refractivity contribution in [2.24, 2.45) is 0 Å². The summed E-state index contributed by atoms with van der Waals surface area (Å²) >= 11 is 0. The Morgan fingerprint density at radius 3 is 1.93 bits per heavy atom. The summed E-state index contributed by atoms with van der Waals surface area (Å²) in [6.07, 6.45) is 21.8. The van der Waals surface area contributed by atoms with Crippen LogP contribution in [0.5, 0.6) is 0 Å². The Balaban J connectivity index is 1.73. The topological polar surface area (TPSA) is 61.7 Å². The number of unbranched alkanes of at least 4 members (excludes halogenated alkanes) is 12. The number of nitrogens with one attached hydrogen (secondary N) is 1. The first-order valence-electron chi connectivity index (χ1n) is 11.6. The summed E-state index contributed by atoms with van der Waals surface area (Å²) in [5.41, 5.74) is 0. The first-order chi connectivity index (χ1) is 13.3. The van der Waals surface area contributed by atoms with Gasteiger partial charge in [0.15, 0.2) is 0 Å². The number of ether oxygens (including phenoxy) is 1. The second-order valence-electron chi connectivity index (χ2n) is 8.09. The first-order valence-corrected chi connectivity index (χ1v) is 11.6. The van der Waals surface area contributed by atoms with Crippen LogP contribution < -0.4 is 5.32 Å². The van der Waals surface area contributed by atoms with Gasteiger partial charge in [-0.05, 0) is 32.1 Å². The molecule has 1 saturated heterocycles. The van der Waals surface area contributed by atoms with Gasteiger partial charge in [0.2, 0.25) is 0 Å². The summed E-state index contributed by atoms with van der Waals surface area (Å²) in [7, 11) is 0. The fraction of sp³-hybridized carbons (Fsp3) is 0.913. The van der Waals surface area contributed by atoms with Crippen molar-refractivity contribution in [3.63, 3.8) is 0 Å². The highest BCUT2D eigenvalue weighted by molar-refractivity contribution is 4.90. The molecular weight excluding hydrogens is 338 g/mol. The second-order valence-corrected chi connectivity index (χ2v) is 8.09. The second kappa shape index (κ2) is 17.7. The molecule has 1 rings (SSSR count). The molecule has 0 aromatic carbocycles. The minimum Gasteiger partial charge on any atom is -0.389 e. The Hall–Kier alpha value is -0.420. The lowest BCUT2D eigenvalue weighted by atomic mass is 10.1. The standard InChI is InChI=1S/C23H45NO3/c1-2-3-4-5-6-7-8-9-10-11-12-13-14-15-16-17-18-27-20-21-23(26)22(25)19-24-21/h9-10,21-26H,2-8,11-20H2,1H3/t21-,22+,23-/m1/s1. The van der Waals surface area contributed by atoms with E-state index in [2.05, 4.69) is 24.4 Å². The summed E-state index contributed by atoms with van der Waals surface area (Å²) < 4.78 is 5.61. The van der Waals surface area contributed by atoms with Crippen molar-refractivity contribution in [1.82, 2.24) is 5.32 Å². The molecule has 0 aromatic heterocycles. The van der Waals surface area contributed by atoms with Gasteiger partial charge in [-0.25, -0.2) is 0 Å². The van der Waals surface area contributed by atoms with Crippen molar-refractivity contribution in [2.45, 2.75) is 115 Å². The maximum absolute atomic E-state index is 9.70. The van der Waals surface area contributed by atoms with E-state index in [1.54, 1.807) is 0 Å². The number of rotatable bonds is 18. The largest absolute Gasteiger partial charge is 0.389 e. The minimum absolute atomic E-state index is 0.117. The van der Waals surface area contributed by atoms with Crippen molar-refractivity contribution in [2.75, 3.05) is 19.8 Å². The third-order valence-corrected chi connectivity index (χ3v) is 5.49. The van der Waals surface area contributed by atoms with Gasteiger partial charge in [-0.15, -0.1) is 0 Å². The summed E-state index contributed by atoms with van der Waals surface area (Å²) in [5, 5.41) is 22.2. The fourth-order valence-electron chi connectivity index (χ4n) is 3.60. The molecule has 0 aromatic rings. The molecule has 0 aliphatic carbocycles. The Bertz CT molecular complexity index is 349. The number of aliphatic hydroxyl groups is 2. The van der Waals surface area contributed by atoms with Gasteiger partial charge < -0.3 is 20.3 Å². The zero-order chi connectivity index (χ0) is 19.6. The van der Waals surface area contributed by atoms with Crippen molar-refractivity contribution in [3.05, 3.63) is 12.2 Å². The minimum atomic E-state index is -0.690. The van der Waals surface area contributed by atoms with Crippen LogP contribution in [-0.4, -0.2) is 48.2 Å². The molecule has 4 nitrogen and oxygen atoms in total. The van der Waals surface area contributed by atoms with E-state index in [1.807, 2.05) is 0 Å². The van der Waals surface area contributed by atoms with E-state index in [1.165, 1.54) is 83.5 Å². The maximum atomic E-state index is 9.70. The number of β-amino-alcohol motifs (C(OH)–C–C–N with tert-alkyl or cyclic N) is 1. The molecule has 4 heteroatoms. The molecule has 0 bridgehead atoms. The normalized spacial score (nSPS) is 22.9. The number of hydrogen-bond acceptors (Lipinski definition) is 4. The van der Waals surface area contributed by atoms with Gasteiger partial charge in [0.05, 0.1) is 24.9 Å². The molecule has 0 saturated carbocycles. The van der Waals surface area contributed by atoms with Crippen LogP contribution in [0.25, 0.3) is 0 Å². The summed E-state index contributed by atoms with van der Waals surface area (Å²) in [6.45, 7) is 3.97. The lowest BCUT2D eigenvalue weighted by molar-refractivity contribution is 0.0148. The Morgan fingerprint density at radius 2 is 1.37 bits per heavy atom.